The number of carbonyl (C=O) groups is 1. The van der Waals surface area contributed by atoms with Crippen LogP contribution in [0.5, 0.6) is 0 Å². The Hall–Kier alpha value is -0.650. The molecule has 2 atom stereocenters. The number of ether oxygens (including phenoxy) is 1. The van der Waals surface area contributed by atoms with E-state index in [-0.39, 0.29) is 19.1 Å². The predicted octanol–water partition coefficient (Wildman–Crippen LogP) is -0.373. The maximum Gasteiger partial charge on any atom is 0.239 e. The molecule has 0 aliphatic carbocycles. The minimum atomic E-state index is -0.860. The summed E-state index contributed by atoms with van der Waals surface area (Å²) in [5.74, 6) is -0.237. The average Bonchev–Trinajstić information content (AvgIpc) is 2.14. The fourth-order valence-electron chi connectivity index (χ4n) is 1.30. The molecule has 0 aromatic heterocycles. The van der Waals surface area contributed by atoms with Gasteiger partial charge >= 0.3 is 0 Å². The van der Waals surface area contributed by atoms with Crippen LogP contribution in [0, 0.1) is 0 Å². The molecule has 0 bridgehead atoms. The minimum Gasteiger partial charge on any atom is -0.389 e. The van der Waals surface area contributed by atoms with Crippen LogP contribution in [0.15, 0.2) is 0 Å². The molecule has 4 N–H and O–H groups in total. The number of nitrogens with one attached hydrogen (secondary N) is 1. The molecule has 15 heavy (non-hydrogen) atoms. The van der Waals surface area contributed by atoms with Gasteiger partial charge in [0.25, 0.3) is 0 Å². The van der Waals surface area contributed by atoms with Gasteiger partial charge in [0.1, 0.15) is 0 Å². The summed E-state index contributed by atoms with van der Waals surface area (Å²) < 4.78 is 4.74. The van der Waals surface area contributed by atoms with Crippen molar-refractivity contribution in [1.29, 1.82) is 0 Å². The third-order valence-electron chi connectivity index (χ3n) is 2.15. The lowest BCUT2D eigenvalue weighted by atomic mass is 9.96. The van der Waals surface area contributed by atoms with E-state index in [9.17, 15) is 9.90 Å². The summed E-state index contributed by atoms with van der Waals surface area (Å²) in [4.78, 5) is 11.6. The van der Waals surface area contributed by atoms with Gasteiger partial charge in [0.05, 0.1) is 18.2 Å². The second-order valence-corrected chi connectivity index (χ2v) is 3.99. The molecular formula is C10H22N2O3. The number of aliphatic hydroxyl groups excluding tert-OH is 1. The quantitative estimate of drug-likeness (QED) is 0.544. The van der Waals surface area contributed by atoms with Gasteiger partial charge in [0.2, 0.25) is 5.91 Å². The Bertz CT molecular complexity index is 195. The van der Waals surface area contributed by atoms with Crippen molar-refractivity contribution < 1.29 is 14.6 Å². The normalized spacial score (nSPS) is 16.9. The van der Waals surface area contributed by atoms with Crippen molar-refractivity contribution in [3.05, 3.63) is 0 Å². The van der Waals surface area contributed by atoms with Gasteiger partial charge in [-0.3, -0.25) is 4.79 Å². The van der Waals surface area contributed by atoms with Crippen LogP contribution in [0.25, 0.3) is 0 Å². The van der Waals surface area contributed by atoms with Gasteiger partial charge in [0.15, 0.2) is 0 Å². The van der Waals surface area contributed by atoms with Gasteiger partial charge in [0, 0.05) is 13.7 Å². The molecule has 0 radical (unpaired) electrons. The molecule has 0 fully saturated rings. The topological polar surface area (TPSA) is 84.6 Å². The van der Waals surface area contributed by atoms with E-state index in [1.54, 1.807) is 6.92 Å². The highest BCUT2D eigenvalue weighted by atomic mass is 16.5. The lowest BCUT2D eigenvalue weighted by Crippen LogP contribution is -2.53. The SMILES string of the molecule is CCCC(C)(N)C(=O)NCC(O)COC. The van der Waals surface area contributed by atoms with Crippen LogP contribution >= 0.6 is 0 Å². The molecule has 0 aliphatic heterocycles. The van der Waals surface area contributed by atoms with Gasteiger partial charge in [-0.25, -0.2) is 0 Å². The standard InChI is InChI=1S/C10H22N2O3/c1-4-5-10(2,11)9(14)12-6-8(13)7-15-3/h8,13H,4-7,11H2,1-3H3,(H,12,14). The molecule has 5 heteroatoms. The Balaban J connectivity index is 3.92. The number of hydrogen-bond acceptors (Lipinski definition) is 4. The monoisotopic (exact) mass is 218 g/mol. The average molecular weight is 218 g/mol. The third-order valence-corrected chi connectivity index (χ3v) is 2.15. The Kier molecular flexibility index (Phi) is 6.47. The second kappa shape index (κ2) is 6.76. The molecular weight excluding hydrogens is 196 g/mol. The van der Waals surface area contributed by atoms with Crippen molar-refractivity contribution >= 4 is 5.91 Å². The molecule has 5 nitrogen and oxygen atoms in total. The van der Waals surface area contributed by atoms with Crippen LogP contribution in [0.1, 0.15) is 26.7 Å². The lowest BCUT2D eigenvalue weighted by Gasteiger charge is -2.23. The number of amides is 1. The summed E-state index contributed by atoms with van der Waals surface area (Å²) in [6.07, 6.45) is 0.789. The van der Waals surface area contributed by atoms with E-state index in [0.717, 1.165) is 6.42 Å². The minimum absolute atomic E-state index is 0.170. The first-order chi connectivity index (χ1) is 6.94. The molecule has 0 spiro atoms. The van der Waals surface area contributed by atoms with Crippen molar-refractivity contribution in [1.82, 2.24) is 5.32 Å². The maximum atomic E-state index is 11.6. The number of nitrogens with two attached hydrogens (primary N) is 1. The van der Waals surface area contributed by atoms with Gasteiger partial charge in [-0.05, 0) is 13.3 Å². The van der Waals surface area contributed by atoms with Crippen LogP contribution in [-0.4, -0.2) is 42.9 Å². The Morgan fingerprint density at radius 2 is 2.27 bits per heavy atom. The lowest BCUT2D eigenvalue weighted by molar-refractivity contribution is -0.126. The predicted molar refractivity (Wildman–Crippen MR) is 58.4 cm³/mol. The molecule has 0 rings (SSSR count). The Labute approximate surface area is 91.0 Å². The number of rotatable bonds is 7. The summed E-state index contributed by atoms with van der Waals surface area (Å²) in [6.45, 7) is 4.03. The smallest absolute Gasteiger partial charge is 0.239 e. The maximum absolute atomic E-state index is 11.6. The molecule has 1 amide bonds. The van der Waals surface area contributed by atoms with E-state index < -0.39 is 11.6 Å². The molecule has 0 aromatic rings. The second-order valence-electron chi connectivity index (χ2n) is 3.99. The number of aliphatic hydroxyl groups is 1. The summed E-state index contributed by atoms with van der Waals surface area (Å²) in [7, 11) is 1.50. The van der Waals surface area contributed by atoms with Crippen LogP contribution in [0.4, 0.5) is 0 Å². The van der Waals surface area contributed by atoms with Gasteiger partial charge in [-0.1, -0.05) is 13.3 Å². The number of methoxy groups -OCH3 is 1. The van der Waals surface area contributed by atoms with E-state index in [1.165, 1.54) is 7.11 Å². The fourth-order valence-corrected chi connectivity index (χ4v) is 1.30. The third kappa shape index (κ3) is 5.71. The van der Waals surface area contributed by atoms with Gasteiger partial charge in [-0.15, -0.1) is 0 Å². The zero-order chi connectivity index (χ0) is 11.9. The van der Waals surface area contributed by atoms with E-state index in [2.05, 4.69) is 5.32 Å². The molecule has 0 saturated carbocycles. The fraction of sp³-hybridized carbons (Fsp3) is 0.900. The summed E-state index contributed by atoms with van der Waals surface area (Å²) in [5, 5.41) is 11.9. The molecule has 0 saturated heterocycles. The van der Waals surface area contributed by atoms with Crippen LogP contribution in [-0.2, 0) is 9.53 Å². The largest absolute Gasteiger partial charge is 0.389 e. The van der Waals surface area contributed by atoms with Crippen molar-refractivity contribution in [3.8, 4) is 0 Å². The van der Waals surface area contributed by atoms with E-state index in [1.807, 2.05) is 6.92 Å². The highest BCUT2D eigenvalue weighted by Gasteiger charge is 2.27. The molecule has 0 aliphatic rings. The first kappa shape index (κ1) is 14.3. The first-order valence-corrected chi connectivity index (χ1v) is 5.18. The van der Waals surface area contributed by atoms with Crippen LogP contribution in [0.3, 0.4) is 0 Å². The van der Waals surface area contributed by atoms with E-state index in [0.29, 0.717) is 6.42 Å². The Morgan fingerprint density at radius 1 is 1.67 bits per heavy atom. The summed E-state index contributed by atoms with van der Waals surface area (Å²) in [5.41, 5.74) is 4.95. The van der Waals surface area contributed by atoms with Crippen LogP contribution in [0.2, 0.25) is 0 Å². The number of hydrogen-bond donors (Lipinski definition) is 3. The van der Waals surface area contributed by atoms with Crippen molar-refractivity contribution in [2.45, 2.75) is 38.3 Å². The Morgan fingerprint density at radius 3 is 2.73 bits per heavy atom. The zero-order valence-electron chi connectivity index (χ0n) is 9.75. The highest BCUT2D eigenvalue weighted by molar-refractivity contribution is 5.85. The van der Waals surface area contributed by atoms with E-state index in [4.69, 9.17) is 10.5 Å². The van der Waals surface area contributed by atoms with Crippen molar-refractivity contribution in [2.24, 2.45) is 5.73 Å². The molecule has 0 heterocycles. The summed E-state index contributed by atoms with van der Waals surface area (Å²) >= 11 is 0. The van der Waals surface area contributed by atoms with Gasteiger partial charge in [-0.2, -0.15) is 0 Å². The van der Waals surface area contributed by atoms with E-state index >= 15 is 0 Å². The first-order valence-electron chi connectivity index (χ1n) is 5.18. The van der Waals surface area contributed by atoms with Crippen LogP contribution < -0.4 is 11.1 Å². The highest BCUT2D eigenvalue weighted by Crippen LogP contribution is 2.08. The van der Waals surface area contributed by atoms with Gasteiger partial charge < -0.3 is 20.9 Å². The number of carbonyl (C=O) groups excluding carboxylic acids is 1. The zero-order valence-corrected chi connectivity index (χ0v) is 9.75. The summed E-state index contributed by atoms with van der Waals surface area (Å²) in [6, 6.07) is 0. The van der Waals surface area contributed by atoms with Crippen molar-refractivity contribution in [3.63, 3.8) is 0 Å². The van der Waals surface area contributed by atoms with Crippen molar-refractivity contribution in [2.75, 3.05) is 20.3 Å². The molecule has 0 aromatic carbocycles. The molecule has 2 unspecified atom stereocenters. The molecule has 90 valence electrons.